The maximum Gasteiger partial charge on any atom is 0.242 e. The van der Waals surface area contributed by atoms with Gasteiger partial charge in [-0.15, -0.1) is 0 Å². The molecule has 1 unspecified atom stereocenters. The summed E-state index contributed by atoms with van der Waals surface area (Å²) in [4.78, 5) is 28.5. The van der Waals surface area contributed by atoms with Gasteiger partial charge in [0.1, 0.15) is 0 Å². The summed E-state index contributed by atoms with van der Waals surface area (Å²) in [5.74, 6) is -0.287. The maximum atomic E-state index is 12.5. The van der Waals surface area contributed by atoms with Crippen molar-refractivity contribution in [2.75, 3.05) is 26.7 Å². The van der Waals surface area contributed by atoms with Crippen LogP contribution in [0.25, 0.3) is 0 Å². The number of hydrogen-bond acceptors (Lipinski definition) is 4. The second kappa shape index (κ2) is 9.69. The van der Waals surface area contributed by atoms with E-state index < -0.39 is 6.04 Å². The van der Waals surface area contributed by atoms with E-state index >= 15 is 0 Å². The van der Waals surface area contributed by atoms with Gasteiger partial charge in [-0.25, -0.2) is 0 Å². The number of carbonyl (C=O) groups is 2. The van der Waals surface area contributed by atoms with Gasteiger partial charge < -0.3 is 16.0 Å². The summed E-state index contributed by atoms with van der Waals surface area (Å²) in [5, 5.41) is 2.67. The molecule has 1 heterocycles. The van der Waals surface area contributed by atoms with Crippen molar-refractivity contribution in [2.45, 2.75) is 45.3 Å². The SMILES string of the molecule is CC(C)[C@H](N)C(=O)NCC(=O)N(C)C1CCCN(Cc2ccccc2)C1. The molecule has 0 aliphatic carbocycles. The van der Waals surface area contributed by atoms with E-state index in [9.17, 15) is 9.59 Å². The molecule has 6 heteroatoms. The molecule has 0 spiro atoms. The lowest BCUT2D eigenvalue weighted by Gasteiger charge is -2.37. The summed E-state index contributed by atoms with van der Waals surface area (Å²) in [6.07, 6.45) is 2.06. The molecule has 1 aliphatic heterocycles. The Morgan fingerprint density at radius 2 is 2.00 bits per heavy atom. The van der Waals surface area contributed by atoms with Gasteiger partial charge in [0.05, 0.1) is 12.6 Å². The molecule has 3 N–H and O–H groups in total. The highest BCUT2D eigenvalue weighted by atomic mass is 16.2. The highest BCUT2D eigenvalue weighted by Gasteiger charge is 2.26. The molecule has 1 fully saturated rings. The Kier molecular flexibility index (Phi) is 7.60. The summed E-state index contributed by atoms with van der Waals surface area (Å²) in [6, 6.07) is 9.99. The fraction of sp³-hybridized carbons (Fsp3) is 0.600. The standard InChI is InChI=1S/C20H32N4O2/c1-15(2)19(21)20(26)22-12-18(25)23(3)17-10-7-11-24(14-17)13-16-8-5-4-6-9-16/h4-6,8-9,15,17,19H,7,10-14,21H2,1-3H3,(H,22,26)/t17?,19-/m0/s1. The van der Waals surface area contributed by atoms with Crippen molar-refractivity contribution in [2.24, 2.45) is 11.7 Å². The normalized spacial score (nSPS) is 19.2. The van der Waals surface area contributed by atoms with Gasteiger partial charge in [-0.1, -0.05) is 44.2 Å². The van der Waals surface area contributed by atoms with Crippen molar-refractivity contribution in [3.05, 3.63) is 35.9 Å². The molecule has 1 aromatic carbocycles. The number of benzene rings is 1. The van der Waals surface area contributed by atoms with Gasteiger partial charge in [0.15, 0.2) is 0 Å². The predicted octanol–water partition coefficient (Wildman–Crippen LogP) is 1.21. The molecule has 2 rings (SSSR count). The Bertz CT molecular complexity index is 591. The second-order valence-corrected chi connectivity index (χ2v) is 7.51. The average molecular weight is 361 g/mol. The summed E-state index contributed by atoms with van der Waals surface area (Å²) >= 11 is 0. The van der Waals surface area contributed by atoms with Crippen molar-refractivity contribution in [3.63, 3.8) is 0 Å². The Balaban J connectivity index is 1.83. The largest absolute Gasteiger partial charge is 0.346 e. The molecule has 1 aromatic rings. The lowest BCUT2D eigenvalue weighted by molar-refractivity contribution is -0.134. The van der Waals surface area contributed by atoms with Gasteiger partial charge in [0.25, 0.3) is 0 Å². The lowest BCUT2D eigenvalue weighted by Crippen LogP contribution is -2.52. The van der Waals surface area contributed by atoms with Crippen LogP contribution in [0.5, 0.6) is 0 Å². The summed E-state index contributed by atoms with van der Waals surface area (Å²) in [7, 11) is 1.83. The smallest absolute Gasteiger partial charge is 0.242 e. The molecule has 0 saturated carbocycles. The van der Waals surface area contributed by atoms with Crippen LogP contribution in [-0.4, -0.2) is 60.4 Å². The van der Waals surface area contributed by atoms with Gasteiger partial charge in [0.2, 0.25) is 11.8 Å². The molecule has 26 heavy (non-hydrogen) atoms. The molecule has 1 aliphatic rings. The van der Waals surface area contributed by atoms with Crippen LogP contribution in [0.3, 0.4) is 0 Å². The van der Waals surface area contributed by atoms with E-state index in [1.54, 1.807) is 4.90 Å². The molecule has 6 nitrogen and oxygen atoms in total. The second-order valence-electron chi connectivity index (χ2n) is 7.51. The summed E-state index contributed by atoms with van der Waals surface area (Å²) in [6.45, 7) is 6.59. The maximum absolute atomic E-state index is 12.5. The van der Waals surface area contributed by atoms with Gasteiger partial charge >= 0.3 is 0 Å². The molecule has 2 amide bonds. The third kappa shape index (κ3) is 5.81. The first-order valence-corrected chi connectivity index (χ1v) is 9.43. The van der Waals surface area contributed by atoms with Crippen LogP contribution in [0.4, 0.5) is 0 Å². The van der Waals surface area contributed by atoms with Gasteiger partial charge in [0, 0.05) is 26.2 Å². The van der Waals surface area contributed by atoms with Crippen LogP contribution >= 0.6 is 0 Å². The van der Waals surface area contributed by atoms with E-state index in [4.69, 9.17) is 5.73 Å². The van der Waals surface area contributed by atoms with Crippen LogP contribution < -0.4 is 11.1 Å². The van der Waals surface area contributed by atoms with Crippen molar-refractivity contribution in [1.29, 1.82) is 0 Å². The van der Waals surface area contributed by atoms with E-state index in [1.165, 1.54) is 5.56 Å². The van der Waals surface area contributed by atoms with Crippen LogP contribution in [0.15, 0.2) is 30.3 Å². The minimum Gasteiger partial charge on any atom is -0.346 e. The van der Waals surface area contributed by atoms with Crippen molar-refractivity contribution in [3.8, 4) is 0 Å². The zero-order chi connectivity index (χ0) is 19.1. The molecule has 2 atom stereocenters. The number of rotatable bonds is 7. The van der Waals surface area contributed by atoms with Crippen LogP contribution in [0, 0.1) is 5.92 Å². The minimum atomic E-state index is -0.579. The first kappa shape index (κ1) is 20.4. The third-order valence-corrected chi connectivity index (χ3v) is 5.11. The molecular weight excluding hydrogens is 328 g/mol. The van der Waals surface area contributed by atoms with E-state index in [2.05, 4.69) is 34.5 Å². The number of nitrogens with zero attached hydrogens (tertiary/aromatic N) is 2. The highest BCUT2D eigenvalue weighted by Crippen LogP contribution is 2.17. The fourth-order valence-corrected chi connectivity index (χ4v) is 3.24. The fourth-order valence-electron chi connectivity index (χ4n) is 3.24. The van der Waals surface area contributed by atoms with Crippen LogP contribution in [-0.2, 0) is 16.1 Å². The van der Waals surface area contributed by atoms with E-state index in [1.807, 2.05) is 27.0 Å². The number of carbonyl (C=O) groups excluding carboxylic acids is 2. The van der Waals surface area contributed by atoms with Gasteiger partial charge in [-0.2, -0.15) is 0 Å². The Morgan fingerprint density at radius 1 is 1.31 bits per heavy atom. The van der Waals surface area contributed by atoms with Crippen LogP contribution in [0.2, 0.25) is 0 Å². The quantitative estimate of drug-likeness (QED) is 0.766. The van der Waals surface area contributed by atoms with Crippen LogP contribution in [0.1, 0.15) is 32.3 Å². The zero-order valence-corrected chi connectivity index (χ0v) is 16.1. The molecule has 0 bridgehead atoms. The molecule has 144 valence electrons. The molecular formula is C20H32N4O2. The van der Waals surface area contributed by atoms with Crippen molar-refractivity contribution < 1.29 is 9.59 Å². The Hall–Kier alpha value is -1.92. The monoisotopic (exact) mass is 360 g/mol. The third-order valence-electron chi connectivity index (χ3n) is 5.11. The topological polar surface area (TPSA) is 78.7 Å². The predicted molar refractivity (Wildman–Crippen MR) is 103 cm³/mol. The van der Waals surface area contributed by atoms with E-state index in [-0.39, 0.29) is 30.3 Å². The number of amides is 2. The highest BCUT2D eigenvalue weighted by molar-refractivity contribution is 5.87. The average Bonchev–Trinajstić information content (AvgIpc) is 2.65. The van der Waals surface area contributed by atoms with Crippen molar-refractivity contribution >= 4 is 11.8 Å². The first-order chi connectivity index (χ1) is 12.4. The number of nitrogens with one attached hydrogen (secondary N) is 1. The zero-order valence-electron chi connectivity index (χ0n) is 16.1. The summed E-state index contributed by atoms with van der Waals surface area (Å²) in [5.41, 5.74) is 7.10. The first-order valence-electron chi connectivity index (χ1n) is 9.43. The summed E-state index contributed by atoms with van der Waals surface area (Å²) < 4.78 is 0. The molecule has 0 radical (unpaired) electrons. The van der Waals surface area contributed by atoms with Crippen molar-refractivity contribution in [1.82, 2.24) is 15.1 Å². The van der Waals surface area contributed by atoms with Gasteiger partial charge in [-0.3, -0.25) is 14.5 Å². The van der Waals surface area contributed by atoms with E-state index in [0.717, 1.165) is 32.5 Å². The number of likely N-dealkylation sites (tertiary alicyclic amines) is 1. The lowest BCUT2D eigenvalue weighted by atomic mass is 10.0. The number of likely N-dealkylation sites (N-methyl/N-ethyl adjacent to an activating group) is 1. The Morgan fingerprint density at radius 3 is 2.65 bits per heavy atom. The number of hydrogen-bond donors (Lipinski definition) is 2. The number of nitrogens with two attached hydrogens (primary N) is 1. The van der Waals surface area contributed by atoms with Gasteiger partial charge in [-0.05, 0) is 30.9 Å². The minimum absolute atomic E-state index is 0.00490. The number of piperidine rings is 1. The molecule has 1 saturated heterocycles. The Labute approximate surface area is 156 Å². The molecule has 0 aromatic heterocycles. The van der Waals surface area contributed by atoms with E-state index in [0.29, 0.717) is 0 Å².